The molecule has 1 amide bonds. The molecule has 2 aromatic rings. The van der Waals surface area contributed by atoms with Crippen LogP contribution in [0.4, 0.5) is 17.2 Å². The monoisotopic (exact) mass is 515 g/mol. The lowest BCUT2D eigenvalue weighted by atomic mass is 10.0. The summed E-state index contributed by atoms with van der Waals surface area (Å²) >= 11 is 6.27. The van der Waals surface area contributed by atoms with Crippen molar-refractivity contribution in [2.24, 2.45) is 5.73 Å². The lowest BCUT2D eigenvalue weighted by Crippen LogP contribution is -2.52. The van der Waals surface area contributed by atoms with Gasteiger partial charge in [-0.15, -0.1) is 0 Å². The number of carbonyl (C=O) groups excluding carboxylic acids is 1. The molecule has 2 aliphatic rings. The Balaban J connectivity index is 1.51. The topological polar surface area (TPSA) is 99.8 Å². The van der Waals surface area contributed by atoms with Gasteiger partial charge in [-0.1, -0.05) is 25.4 Å². The Morgan fingerprint density at radius 3 is 2.50 bits per heavy atom. The number of hydrogen-bond acceptors (Lipinski definition) is 8. The van der Waals surface area contributed by atoms with Gasteiger partial charge in [0.05, 0.1) is 18.0 Å². The van der Waals surface area contributed by atoms with Crippen LogP contribution in [0.1, 0.15) is 49.3 Å². The Bertz CT molecular complexity index is 1050. The van der Waals surface area contributed by atoms with Gasteiger partial charge in [-0.2, -0.15) is 0 Å². The molecule has 2 aliphatic heterocycles. The van der Waals surface area contributed by atoms with Crippen molar-refractivity contribution < 1.29 is 9.53 Å². The van der Waals surface area contributed by atoms with Crippen LogP contribution in [0, 0.1) is 0 Å². The second-order valence-electron chi connectivity index (χ2n) is 9.59. The molecule has 9 nitrogen and oxygen atoms in total. The Morgan fingerprint density at radius 1 is 1.14 bits per heavy atom. The van der Waals surface area contributed by atoms with Gasteiger partial charge in [0, 0.05) is 57.1 Å². The number of piperidine rings is 1. The maximum atomic E-state index is 12.0. The molecule has 4 rings (SSSR count). The molecule has 0 aliphatic carbocycles. The number of aromatic nitrogens is 2. The average Bonchev–Trinajstić information content (AvgIpc) is 2.88. The summed E-state index contributed by atoms with van der Waals surface area (Å²) in [5, 5.41) is 3.44. The number of ether oxygens (including phenoxy) is 1. The fourth-order valence-corrected chi connectivity index (χ4v) is 5.17. The van der Waals surface area contributed by atoms with E-state index in [1.54, 1.807) is 0 Å². The minimum Gasteiger partial charge on any atom is -0.491 e. The van der Waals surface area contributed by atoms with Crippen LogP contribution in [0.25, 0.3) is 0 Å². The number of primary amides is 1. The number of rotatable bonds is 9. The molecule has 3 N–H and O–H groups in total. The van der Waals surface area contributed by atoms with E-state index in [1.165, 1.54) is 0 Å². The Morgan fingerprint density at radius 2 is 1.86 bits per heavy atom. The third-order valence-electron chi connectivity index (χ3n) is 7.03. The maximum absolute atomic E-state index is 12.0. The summed E-state index contributed by atoms with van der Waals surface area (Å²) in [5.41, 5.74) is 8.00. The van der Waals surface area contributed by atoms with Gasteiger partial charge in [0.25, 0.3) is 5.91 Å². The summed E-state index contributed by atoms with van der Waals surface area (Å²) in [6, 6.07) is 6.64. The number of aryl methyl sites for hydroxylation is 1. The van der Waals surface area contributed by atoms with Gasteiger partial charge in [0.15, 0.2) is 16.7 Å². The maximum Gasteiger partial charge on any atom is 0.271 e. The van der Waals surface area contributed by atoms with Crippen LogP contribution in [-0.2, 0) is 6.42 Å². The summed E-state index contributed by atoms with van der Waals surface area (Å²) in [6.45, 7) is 11.2. The Labute approximate surface area is 219 Å². The van der Waals surface area contributed by atoms with Gasteiger partial charge in [0.2, 0.25) is 0 Å². The molecule has 0 saturated carbocycles. The van der Waals surface area contributed by atoms with E-state index >= 15 is 0 Å². The predicted molar refractivity (Wildman–Crippen MR) is 145 cm³/mol. The largest absolute Gasteiger partial charge is 0.491 e. The van der Waals surface area contributed by atoms with E-state index < -0.39 is 5.91 Å². The minimum absolute atomic E-state index is 0.0716. The molecule has 1 aromatic heterocycles. The van der Waals surface area contributed by atoms with Crippen molar-refractivity contribution in [3.05, 3.63) is 34.7 Å². The van der Waals surface area contributed by atoms with Gasteiger partial charge in [0.1, 0.15) is 5.75 Å². The SMILES string of the molecule is CCCOc1cc(Nc2nc(Cl)c(CC)nc2C(N)=O)ccc1N1CCC(N2CCN(C)CC2)CC1. The number of nitrogens with one attached hydrogen (secondary N) is 1. The summed E-state index contributed by atoms with van der Waals surface area (Å²) in [6.07, 6.45) is 3.77. The van der Waals surface area contributed by atoms with Gasteiger partial charge >= 0.3 is 0 Å². The standard InChI is InChI=1S/C26H38ClN7O2/c1-4-16-36-22-17-18(29-26-23(25(28)35)30-20(5-2)24(27)31-26)6-7-21(22)34-10-8-19(9-11-34)33-14-12-32(3)13-15-33/h6-7,17,19H,4-5,8-16H2,1-3H3,(H2,28,35)(H,29,31). The molecule has 2 fully saturated rings. The van der Waals surface area contributed by atoms with Crippen molar-refractivity contribution in [1.82, 2.24) is 19.8 Å². The first-order valence-electron chi connectivity index (χ1n) is 13.0. The molecule has 10 heteroatoms. The minimum atomic E-state index is -0.654. The van der Waals surface area contributed by atoms with Crippen molar-refractivity contribution in [3.8, 4) is 5.75 Å². The number of hydrogen-bond donors (Lipinski definition) is 2. The highest BCUT2D eigenvalue weighted by Gasteiger charge is 2.28. The van der Waals surface area contributed by atoms with Crippen LogP contribution in [-0.4, -0.2) is 84.6 Å². The fourth-order valence-electron chi connectivity index (χ4n) is 4.91. The third kappa shape index (κ3) is 6.19. The predicted octanol–water partition coefficient (Wildman–Crippen LogP) is 3.54. The first-order valence-corrected chi connectivity index (χ1v) is 13.3. The Hall–Kier alpha value is -2.62. The molecule has 36 heavy (non-hydrogen) atoms. The number of nitrogens with two attached hydrogens (primary N) is 1. The molecule has 2 saturated heterocycles. The van der Waals surface area contributed by atoms with E-state index in [4.69, 9.17) is 22.1 Å². The fraction of sp³-hybridized carbons (Fsp3) is 0.577. The van der Waals surface area contributed by atoms with Crippen LogP contribution in [0.3, 0.4) is 0 Å². The second kappa shape index (κ2) is 12.1. The van der Waals surface area contributed by atoms with E-state index in [-0.39, 0.29) is 16.7 Å². The summed E-state index contributed by atoms with van der Waals surface area (Å²) in [7, 11) is 2.20. The van der Waals surface area contributed by atoms with Crippen molar-refractivity contribution in [2.45, 2.75) is 45.6 Å². The van der Waals surface area contributed by atoms with E-state index in [0.29, 0.717) is 24.8 Å². The number of piperazine rings is 1. The van der Waals surface area contributed by atoms with Crippen LogP contribution in [0.5, 0.6) is 5.75 Å². The van der Waals surface area contributed by atoms with Gasteiger partial charge in [-0.05, 0) is 44.9 Å². The number of halogens is 1. The van der Waals surface area contributed by atoms with Crippen LogP contribution < -0.4 is 20.7 Å². The van der Waals surface area contributed by atoms with Crippen molar-refractivity contribution in [3.63, 3.8) is 0 Å². The molecule has 0 bridgehead atoms. The van der Waals surface area contributed by atoms with E-state index in [9.17, 15) is 4.79 Å². The van der Waals surface area contributed by atoms with Crippen LogP contribution in [0.2, 0.25) is 5.15 Å². The third-order valence-corrected chi connectivity index (χ3v) is 7.33. The van der Waals surface area contributed by atoms with Crippen molar-refractivity contribution in [2.75, 3.05) is 63.1 Å². The zero-order chi connectivity index (χ0) is 25.7. The Kier molecular flexibility index (Phi) is 8.87. The van der Waals surface area contributed by atoms with Gasteiger partial charge in [-0.25, -0.2) is 9.97 Å². The molecule has 0 radical (unpaired) electrons. The highest BCUT2D eigenvalue weighted by Crippen LogP contribution is 2.35. The van der Waals surface area contributed by atoms with Crippen LogP contribution >= 0.6 is 11.6 Å². The molecule has 1 aromatic carbocycles. The summed E-state index contributed by atoms with van der Waals surface area (Å²) in [5.74, 6) is 0.398. The number of amides is 1. The zero-order valence-electron chi connectivity index (χ0n) is 21.6. The molecule has 196 valence electrons. The van der Waals surface area contributed by atoms with Gasteiger partial charge in [-0.3, -0.25) is 9.69 Å². The van der Waals surface area contributed by atoms with Gasteiger partial charge < -0.3 is 25.6 Å². The molecular formula is C26H38ClN7O2. The number of nitrogens with zero attached hydrogens (tertiary/aromatic N) is 5. The highest BCUT2D eigenvalue weighted by atomic mass is 35.5. The molecule has 0 spiro atoms. The molecule has 0 unspecified atom stereocenters. The van der Waals surface area contributed by atoms with Crippen LogP contribution in [0.15, 0.2) is 18.2 Å². The number of benzene rings is 1. The first kappa shape index (κ1) is 26.4. The second-order valence-corrected chi connectivity index (χ2v) is 9.95. The normalized spacial score (nSPS) is 17.8. The lowest BCUT2D eigenvalue weighted by molar-refractivity contribution is 0.0981. The van der Waals surface area contributed by atoms with Crippen molar-refractivity contribution >= 4 is 34.7 Å². The number of carbonyl (C=O) groups is 1. The van der Waals surface area contributed by atoms with Crippen molar-refractivity contribution in [1.29, 1.82) is 0 Å². The number of likely N-dealkylation sites (N-methyl/N-ethyl adjacent to an activating group) is 1. The number of anilines is 3. The van der Waals surface area contributed by atoms with E-state index in [2.05, 4.69) is 50.0 Å². The molecule has 0 atom stereocenters. The molecule has 3 heterocycles. The lowest BCUT2D eigenvalue weighted by Gasteiger charge is -2.42. The highest BCUT2D eigenvalue weighted by molar-refractivity contribution is 6.30. The summed E-state index contributed by atoms with van der Waals surface area (Å²) < 4.78 is 6.16. The molecular weight excluding hydrogens is 478 g/mol. The van der Waals surface area contributed by atoms with E-state index in [1.807, 2.05) is 19.1 Å². The first-order chi connectivity index (χ1) is 17.4. The quantitative estimate of drug-likeness (QED) is 0.523. The smallest absolute Gasteiger partial charge is 0.271 e. The van der Waals surface area contributed by atoms with E-state index in [0.717, 1.165) is 75.7 Å². The average molecular weight is 516 g/mol. The summed E-state index contributed by atoms with van der Waals surface area (Å²) in [4.78, 5) is 28.2. The zero-order valence-corrected chi connectivity index (χ0v) is 22.4.